The number of ether oxygens (including phenoxy) is 4. The van der Waals surface area contributed by atoms with Crippen molar-refractivity contribution in [1.82, 2.24) is 0 Å². The van der Waals surface area contributed by atoms with Gasteiger partial charge in [-0.15, -0.1) is 0 Å². The number of aliphatic hydroxyl groups excluding tert-OH is 1. The molecule has 0 unspecified atom stereocenters. The summed E-state index contributed by atoms with van der Waals surface area (Å²) in [5.74, 6) is -1.09. The Labute approximate surface area is 252 Å². The van der Waals surface area contributed by atoms with Crippen LogP contribution < -0.4 is 21.4 Å². The normalized spacial score (nSPS) is 21.0. The van der Waals surface area contributed by atoms with Crippen molar-refractivity contribution < 1.29 is 48.3 Å². The molecule has 1 saturated heterocycles. The number of phenolic OH excluding ortho intramolecular Hbond substituents is 1. The van der Waals surface area contributed by atoms with Gasteiger partial charge < -0.3 is 49.7 Å². The van der Waals surface area contributed by atoms with Crippen LogP contribution in [0.2, 0.25) is 0 Å². The third-order valence-electron chi connectivity index (χ3n) is 7.33. The van der Waals surface area contributed by atoms with Crippen molar-refractivity contribution in [3.05, 3.63) is 69.1 Å². The van der Waals surface area contributed by atoms with Crippen LogP contribution in [0.3, 0.4) is 0 Å². The predicted molar refractivity (Wildman–Crippen MR) is 159 cm³/mol. The molecular formula is C31H36N2O11. The molecule has 1 aliphatic heterocycles. The average molecular weight is 613 g/mol. The lowest BCUT2D eigenvalue weighted by atomic mass is 9.89. The van der Waals surface area contributed by atoms with E-state index in [-0.39, 0.29) is 33.6 Å². The van der Waals surface area contributed by atoms with Crippen molar-refractivity contribution in [1.29, 1.82) is 0 Å². The smallest absolute Gasteiger partial charge is 0.404 e. The van der Waals surface area contributed by atoms with E-state index in [1.165, 1.54) is 37.4 Å². The number of aryl methyl sites for hydroxylation is 1. The highest BCUT2D eigenvalue weighted by atomic mass is 16.7. The second-order valence-electron chi connectivity index (χ2n) is 11.2. The van der Waals surface area contributed by atoms with E-state index in [1.54, 1.807) is 20.8 Å². The van der Waals surface area contributed by atoms with Crippen LogP contribution in [-0.2, 0) is 20.6 Å². The maximum absolute atomic E-state index is 13.0. The summed E-state index contributed by atoms with van der Waals surface area (Å²) in [6, 6.07) is 7.12. The molecule has 4 rings (SSSR count). The SMILES string of the molecule is CO[C@@H]1[C@H](OC(N)=O)[C@@H](O)[C@@H](Oc2ccc3c(O)c(NC(=O)c4ccc(O)c(CC=C(C)C)c4)c(=O)oc3c2C)OC1(C)C. The van der Waals surface area contributed by atoms with Crippen LogP contribution in [0.25, 0.3) is 11.0 Å². The summed E-state index contributed by atoms with van der Waals surface area (Å²) in [5.41, 5.74) is 4.54. The Morgan fingerprint density at radius 2 is 1.86 bits per heavy atom. The van der Waals surface area contributed by atoms with Gasteiger partial charge in [0.15, 0.2) is 23.6 Å². The fourth-order valence-electron chi connectivity index (χ4n) is 5.06. The highest BCUT2D eigenvalue weighted by molar-refractivity contribution is 6.06. The Morgan fingerprint density at radius 1 is 1.16 bits per heavy atom. The van der Waals surface area contributed by atoms with Gasteiger partial charge in [0.1, 0.15) is 23.2 Å². The Morgan fingerprint density at radius 3 is 2.50 bits per heavy atom. The molecule has 2 amide bonds. The van der Waals surface area contributed by atoms with Crippen LogP contribution in [0.5, 0.6) is 17.2 Å². The first-order valence-electron chi connectivity index (χ1n) is 13.7. The maximum Gasteiger partial charge on any atom is 0.404 e. The summed E-state index contributed by atoms with van der Waals surface area (Å²) in [5, 5.41) is 34.6. The van der Waals surface area contributed by atoms with Crippen LogP contribution in [0.15, 0.2) is 51.2 Å². The summed E-state index contributed by atoms with van der Waals surface area (Å²) >= 11 is 0. The third-order valence-corrected chi connectivity index (χ3v) is 7.33. The number of allylic oxidation sites excluding steroid dienone is 2. The molecule has 4 atom stereocenters. The number of amides is 2. The van der Waals surface area contributed by atoms with E-state index in [1.807, 2.05) is 19.9 Å². The number of aromatic hydroxyl groups is 2. The second-order valence-corrected chi connectivity index (χ2v) is 11.2. The molecule has 2 heterocycles. The molecule has 6 N–H and O–H groups in total. The molecule has 1 aliphatic rings. The minimum atomic E-state index is -1.52. The van der Waals surface area contributed by atoms with Crippen LogP contribution >= 0.6 is 0 Å². The quantitative estimate of drug-likeness (QED) is 0.184. The van der Waals surface area contributed by atoms with Crippen LogP contribution in [-0.4, -0.2) is 64.6 Å². The minimum Gasteiger partial charge on any atom is -0.508 e. The fraction of sp³-hybridized carbons (Fsp3) is 0.387. The summed E-state index contributed by atoms with van der Waals surface area (Å²) in [7, 11) is 1.37. The van der Waals surface area contributed by atoms with Gasteiger partial charge in [0.05, 0.1) is 11.0 Å². The van der Waals surface area contributed by atoms with Crippen LogP contribution in [0.1, 0.15) is 49.2 Å². The van der Waals surface area contributed by atoms with Gasteiger partial charge in [-0.3, -0.25) is 4.79 Å². The zero-order valence-electron chi connectivity index (χ0n) is 25.2. The predicted octanol–water partition coefficient (Wildman–Crippen LogP) is 3.63. The van der Waals surface area contributed by atoms with E-state index in [0.29, 0.717) is 12.0 Å². The third kappa shape index (κ3) is 6.49. The molecule has 0 bridgehead atoms. The molecule has 1 fully saturated rings. The molecule has 0 saturated carbocycles. The Bertz CT molecular complexity index is 1670. The van der Waals surface area contributed by atoms with E-state index < -0.39 is 59.3 Å². The van der Waals surface area contributed by atoms with E-state index in [4.69, 9.17) is 29.1 Å². The van der Waals surface area contributed by atoms with Crippen LogP contribution in [0, 0.1) is 6.92 Å². The van der Waals surface area contributed by atoms with Crippen molar-refractivity contribution >= 4 is 28.7 Å². The first-order chi connectivity index (χ1) is 20.6. The maximum atomic E-state index is 13.0. The Hall–Kier alpha value is -4.59. The molecule has 0 spiro atoms. The van der Waals surface area contributed by atoms with Gasteiger partial charge in [-0.05, 0) is 76.9 Å². The zero-order chi connectivity index (χ0) is 32.5. The highest BCUT2D eigenvalue weighted by Gasteiger charge is 2.53. The number of primary amides is 1. The Kier molecular flexibility index (Phi) is 9.23. The van der Waals surface area contributed by atoms with Crippen molar-refractivity contribution in [3.63, 3.8) is 0 Å². The lowest BCUT2D eigenvalue weighted by molar-refractivity contribution is -0.304. The second kappa shape index (κ2) is 12.6. The standard InChI is InChI=1S/C31H36N2O11/c1-14(2)7-8-16-13-17(9-11-19(16)34)27(37)33-21-22(35)18-10-12-20(15(3)24(18)42-28(21)38)41-29-23(36)25(43-30(32)39)26(40-6)31(4,5)44-29/h7,9-13,23,25-26,29,34-36H,8H2,1-6H3,(H2,32,39)(H,33,37)/t23-,25-,26-,29+/m1/s1. The number of carbonyl (C=O) groups is 2. The molecule has 13 heteroatoms. The molecular weight excluding hydrogens is 576 g/mol. The highest BCUT2D eigenvalue weighted by Crippen LogP contribution is 2.38. The molecule has 0 radical (unpaired) electrons. The van der Waals surface area contributed by atoms with E-state index >= 15 is 0 Å². The number of anilines is 1. The molecule has 2 aromatic carbocycles. The van der Waals surface area contributed by atoms with Gasteiger partial charge in [0.25, 0.3) is 5.91 Å². The molecule has 3 aromatic rings. The minimum absolute atomic E-state index is 0.0183. The first kappa shape index (κ1) is 32.3. The molecule has 1 aromatic heterocycles. The van der Waals surface area contributed by atoms with Crippen molar-refractivity contribution in [3.8, 4) is 17.2 Å². The number of nitrogens with two attached hydrogens (primary N) is 1. The van der Waals surface area contributed by atoms with Gasteiger partial charge in [0.2, 0.25) is 6.29 Å². The van der Waals surface area contributed by atoms with E-state index in [2.05, 4.69) is 5.32 Å². The van der Waals surface area contributed by atoms with Gasteiger partial charge in [-0.1, -0.05) is 11.6 Å². The van der Waals surface area contributed by atoms with Gasteiger partial charge >= 0.3 is 11.7 Å². The fourth-order valence-corrected chi connectivity index (χ4v) is 5.06. The number of rotatable bonds is 8. The van der Waals surface area contributed by atoms with Crippen LogP contribution in [0.4, 0.5) is 10.5 Å². The van der Waals surface area contributed by atoms with Crippen molar-refractivity contribution in [2.45, 2.75) is 71.2 Å². The lowest BCUT2D eigenvalue weighted by Crippen LogP contribution is -2.65. The van der Waals surface area contributed by atoms with Gasteiger partial charge in [-0.25, -0.2) is 9.59 Å². The summed E-state index contributed by atoms with van der Waals surface area (Å²) in [6.07, 6.45) is -3.81. The molecule has 13 nitrogen and oxygen atoms in total. The number of fused-ring (bicyclic) bond motifs is 1. The number of hydrogen-bond donors (Lipinski definition) is 5. The van der Waals surface area contributed by atoms with Gasteiger partial charge in [-0.2, -0.15) is 0 Å². The summed E-state index contributed by atoms with van der Waals surface area (Å²) in [4.78, 5) is 37.5. The largest absolute Gasteiger partial charge is 0.508 e. The number of nitrogens with one attached hydrogen (secondary N) is 1. The summed E-state index contributed by atoms with van der Waals surface area (Å²) in [6.45, 7) is 8.69. The number of hydrogen-bond acceptors (Lipinski definition) is 11. The lowest BCUT2D eigenvalue weighted by Gasteiger charge is -2.47. The molecule has 0 aliphatic carbocycles. The Balaban J connectivity index is 1.63. The number of benzene rings is 2. The van der Waals surface area contributed by atoms with E-state index in [9.17, 15) is 29.7 Å². The topological polar surface area (TPSA) is 200 Å². The first-order valence-corrected chi connectivity index (χ1v) is 13.7. The van der Waals surface area contributed by atoms with E-state index in [0.717, 1.165) is 5.57 Å². The molecule has 236 valence electrons. The number of aliphatic hydroxyl groups is 1. The number of methoxy groups -OCH3 is 1. The molecule has 44 heavy (non-hydrogen) atoms. The van der Waals surface area contributed by atoms with Crippen molar-refractivity contribution in [2.75, 3.05) is 12.4 Å². The average Bonchev–Trinajstić information content (AvgIpc) is 2.94. The number of carbonyl (C=O) groups excluding carboxylic acids is 2. The summed E-state index contributed by atoms with van der Waals surface area (Å²) < 4.78 is 27.9. The number of phenols is 1. The van der Waals surface area contributed by atoms with Gasteiger partial charge in [0, 0.05) is 18.2 Å². The van der Waals surface area contributed by atoms with Crippen molar-refractivity contribution in [2.24, 2.45) is 5.73 Å². The zero-order valence-corrected chi connectivity index (χ0v) is 25.2. The monoisotopic (exact) mass is 612 g/mol.